The first kappa shape index (κ1) is 19.4. The summed E-state index contributed by atoms with van der Waals surface area (Å²) < 4.78 is 5.71. The van der Waals surface area contributed by atoms with Crippen molar-refractivity contribution in [1.82, 2.24) is 9.97 Å². The summed E-state index contributed by atoms with van der Waals surface area (Å²) in [5.74, 6) is 1.74. The Kier molecular flexibility index (Phi) is 7.15. The zero-order valence-electron chi connectivity index (χ0n) is 16.2. The van der Waals surface area contributed by atoms with Crippen molar-refractivity contribution in [3.63, 3.8) is 0 Å². The van der Waals surface area contributed by atoms with Crippen molar-refractivity contribution >= 4 is 5.82 Å². The highest BCUT2D eigenvalue weighted by Crippen LogP contribution is 2.24. The normalized spacial score (nSPS) is 12.9. The van der Waals surface area contributed by atoms with E-state index in [9.17, 15) is 0 Å². The van der Waals surface area contributed by atoms with Gasteiger partial charge >= 0.3 is 0 Å². The van der Waals surface area contributed by atoms with Crippen LogP contribution in [0.25, 0.3) is 11.1 Å². The van der Waals surface area contributed by atoms with Crippen molar-refractivity contribution in [3.8, 4) is 11.1 Å². The van der Waals surface area contributed by atoms with Crippen molar-refractivity contribution in [2.75, 3.05) is 11.9 Å². The van der Waals surface area contributed by atoms with Crippen LogP contribution in [0.5, 0.6) is 0 Å². The second-order valence-corrected chi connectivity index (χ2v) is 5.89. The summed E-state index contributed by atoms with van der Waals surface area (Å²) in [5.41, 5.74) is 5.44. The highest BCUT2D eigenvalue weighted by molar-refractivity contribution is 5.65. The largest absolute Gasteiger partial charge is 0.494 e. The lowest BCUT2D eigenvalue weighted by Crippen LogP contribution is -2.01. The van der Waals surface area contributed by atoms with Gasteiger partial charge in [0.25, 0.3) is 0 Å². The van der Waals surface area contributed by atoms with Crippen LogP contribution in [-0.4, -0.2) is 16.6 Å². The molecule has 0 saturated heterocycles. The predicted octanol–water partition coefficient (Wildman–Crippen LogP) is 5.65. The monoisotopic (exact) mass is 349 g/mol. The first-order valence-corrected chi connectivity index (χ1v) is 8.87. The van der Waals surface area contributed by atoms with Gasteiger partial charge in [-0.2, -0.15) is 0 Å². The molecule has 1 N–H and O–H groups in total. The number of rotatable bonds is 7. The quantitative estimate of drug-likeness (QED) is 0.518. The van der Waals surface area contributed by atoms with Gasteiger partial charge in [-0.15, -0.1) is 0 Å². The van der Waals surface area contributed by atoms with Gasteiger partial charge in [-0.1, -0.05) is 6.08 Å². The molecule has 2 aromatic rings. The Morgan fingerprint density at radius 2 is 1.88 bits per heavy atom. The smallest absolute Gasteiger partial charge is 0.132 e. The van der Waals surface area contributed by atoms with Crippen LogP contribution in [0.4, 0.5) is 5.82 Å². The molecule has 4 heteroatoms. The fourth-order valence-electron chi connectivity index (χ4n) is 2.72. The van der Waals surface area contributed by atoms with Crippen LogP contribution in [0.2, 0.25) is 0 Å². The topological polar surface area (TPSA) is 47.0 Å². The zero-order chi connectivity index (χ0) is 18.9. The molecule has 0 radical (unpaired) electrons. The summed E-state index contributed by atoms with van der Waals surface area (Å²) in [4.78, 5) is 8.63. The number of anilines is 1. The maximum absolute atomic E-state index is 5.71. The van der Waals surface area contributed by atoms with Gasteiger partial charge in [-0.3, -0.25) is 4.98 Å². The van der Waals surface area contributed by atoms with Gasteiger partial charge in [-0.25, -0.2) is 4.98 Å². The first-order chi connectivity index (χ1) is 12.6. The molecule has 0 fully saturated rings. The molecule has 0 aliphatic carbocycles. The van der Waals surface area contributed by atoms with Gasteiger partial charge in [-0.05, 0) is 75.6 Å². The van der Waals surface area contributed by atoms with Gasteiger partial charge in [0.05, 0.1) is 6.61 Å². The fourth-order valence-corrected chi connectivity index (χ4v) is 2.72. The first-order valence-electron chi connectivity index (χ1n) is 8.87. The summed E-state index contributed by atoms with van der Waals surface area (Å²) >= 11 is 0. The Bertz CT molecular complexity index is 821. The third kappa shape index (κ3) is 4.82. The molecule has 0 spiro atoms. The molecule has 0 unspecified atom stereocenters. The fraction of sp³-hybridized carbons (Fsp3) is 0.273. The third-order valence-electron chi connectivity index (χ3n) is 4.06. The molecule has 2 aromatic heterocycles. The Hall–Kier alpha value is -2.88. The standard InChI is InChI=1S/C22H27N3O/c1-6-20(21(7-2)26-8-3)17(5)14-24-22-16(4)13-19(15-25-22)18-9-11-23-12-10-18/h6-7,9-15H,8H2,1-5H3,(H,24,25)/b17-14+,20-6-,21-7+. The Balaban J connectivity index is 2.19. The average molecular weight is 349 g/mol. The van der Waals surface area contributed by atoms with Crippen molar-refractivity contribution in [1.29, 1.82) is 0 Å². The lowest BCUT2D eigenvalue weighted by Gasteiger charge is -2.14. The Morgan fingerprint density at radius 1 is 1.15 bits per heavy atom. The number of ether oxygens (including phenoxy) is 1. The minimum Gasteiger partial charge on any atom is -0.494 e. The SMILES string of the molecule is C/C=C(C(/C)=C/Nc1ncc(-c2ccncc2)cc1C)\C(=C/C)OCC. The van der Waals surface area contributed by atoms with E-state index < -0.39 is 0 Å². The van der Waals surface area contributed by atoms with E-state index in [1.807, 2.05) is 51.4 Å². The number of hydrogen-bond donors (Lipinski definition) is 1. The number of hydrogen-bond acceptors (Lipinski definition) is 4. The minimum absolute atomic E-state index is 0.648. The van der Waals surface area contributed by atoms with E-state index in [1.54, 1.807) is 12.4 Å². The molecule has 2 rings (SSSR count). The van der Waals surface area contributed by atoms with Crippen molar-refractivity contribution in [2.24, 2.45) is 0 Å². The Morgan fingerprint density at radius 3 is 2.46 bits per heavy atom. The highest BCUT2D eigenvalue weighted by Gasteiger charge is 2.08. The summed E-state index contributed by atoms with van der Waals surface area (Å²) in [6.45, 7) is 10.8. The van der Waals surface area contributed by atoms with E-state index in [0.717, 1.165) is 39.4 Å². The average Bonchev–Trinajstić information content (AvgIpc) is 2.67. The summed E-state index contributed by atoms with van der Waals surface area (Å²) in [5, 5.41) is 3.32. The lowest BCUT2D eigenvalue weighted by molar-refractivity contribution is 0.238. The molecule has 0 aromatic carbocycles. The van der Waals surface area contributed by atoms with Crippen LogP contribution >= 0.6 is 0 Å². The molecule has 26 heavy (non-hydrogen) atoms. The molecule has 0 atom stereocenters. The Labute approximate surface area is 156 Å². The minimum atomic E-state index is 0.648. The molecule has 0 aliphatic heterocycles. The molecule has 2 heterocycles. The van der Waals surface area contributed by atoms with Crippen LogP contribution in [0, 0.1) is 6.92 Å². The molecule has 4 nitrogen and oxygen atoms in total. The van der Waals surface area contributed by atoms with Crippen LogP contribution in [-0.2, 0) is 4.74 Å². The second-order valence-electron chi connectivity index (χ2n) is 5.89. The van der Waals surface area contributed by atoms with Crippen LogP contribution in [0.3, 0.4) is 0 Å². The third-order valence-corrected chi connectivity index (χ3v) is 4.06. The summed E-state index contributed by atoms with van der Waals surface area (Å²) in [6, 6.07) is 6.10. The molecule has 0 saturated carbocycles. The number of nitrogens with zero attached hydrogens (tertiary/aromatic N) is 2. The van der Waals surface area contributed by atoms with Crippen molar-refractivity contribution < 1.29 is 4.74 Å². The number of pyridine rings is 2. The van der Waals surface area contributed by atoms with Crippen LogP contribution in [0.1, 0.15) is 33.3 Å². The van der Waals surface area contributed by atoms with E-state index >= 15 is 0 Å². The van der Waals surface area contributed by atoms with Gasteiger partial charge in [0.15, 0.2) is 0 Å². The number of nitrogens with one attached hydrogen (secondary N) is 1. The molecule has 0 amide bonds. The van der Waals surface area contributed by atoms with E-state index in [2.05, 4.69) is 41.3 Å². The molecule has 0 bridgehead atoms. The van der Waals surface area contributed by atoms with Crippen molar-refractivity contribution in [2.45, 2.75) is 34.6 Å². The molecular formula is C22H27N3O. The number of aromatic nitrogens is 2. The van der Waals surface area contributed by atoms with Gasteiger partial charge in [0.2, 0.25) is 0 Å². The maximum Gasteiger partial charge on any atom is 0.132 e. The van der Waals surface area contributed by atoms with Gasteiger partial charge in [0, 0.05) is 35.9 Å². The molecule has 0 aliphatic rings. The van der Waals surface area contributed by atoms with E-state index in [0.29, 0.717) is 6.61 Å². The van der Waals surface area contributed by atoms with Crippen LogP contribution < -0.4 is 5.32 Å². The van der Waals surface area contributed by atoms with E-state index in [4.69, 9.17) is 4.74 Å². The van der Waals surface area contributed by atoms with Crippen LogP contribution in [0.15, 0.2) is 72.0 Å². The van der Waals surface area contributed by atoms with E-state index in [-0.39, 0.29) is 0 Å². The van der Waals surface area contributed by atoms with E-state index in [1.165, 1.54) is 0 Å². The lowest BCUT2D eigenvalue weighted by atomic mass is 10.1. The summed E-state index contributed by atoms with van der Waals surface area (Å²) in [7, 11) is 0. The number of aryl methyl sites for hydroxylation is 1. The summed E-state index contributed by atoms with van der Waals surface area (Å²) in [6.07, 6.45) is 11.5. The number of allylic oxidation sites excluding steroid dienone is 3. The van der Waals surface area contributed by atoms with Gasteiger partial charge in [0.1, 0.15) is 11.6 Å². The second kappa shape index (κ2) is 9.56. The zero-order valence-corrected chi connectivity index (χ0v) is 16.2. The van der Waals surface area contributed by atoms with Gasteiger partial charge < -0.3 is 10.1 Å². The predicted molar refractivity (Wildman–Crippen MR) is 109 cm³/mol. The molecule has 136 valence electrons. The highest BCUT2D eigenvalue weighted by atomic mass is 16.5. The molecular weight excluding hydrogens is 322 g/mol. The van der Waals surface area contributed by atoms with Crippen molar-refractivity contribution in [3.05, 3.63) is 77.6 Å². The maximum atomic E-state index is 5.71.